The molecule has 0 aliphatic rings. The Morgan fingerprint density at radius 3 is 2.17 bits per heavy atom. The summed E-state index contributed by atoms with van der Waals surface area (Å²) in [6.07, 6.45) is 0. The van der Waals surface area contributed by atoms with Crippen molar-refractivity contribution in [3.05, 3.63) is 127 Å². The fourth-order valence-corrected chi connectivity index (χ4v) is 5.78. The highest BCUT2D eigenvalue weighted by Gasteiger charge is 2.19. The normalized spacial score (nSPS) is 11.9. The lowest BCUT2D eigenvalue weighted by Crippen LogP contribution is -1.94. The van der Waals surface area contributed by atoms with Gasteiger partial charge in [0.05, 0.1) is 11.0 Å². The van der Waals surface area contributed by atoms with E-state index in [-0.39, 0.29) is 0 Å². The molecule has 0 N–H and O–H groups in total. The number of fused-ring (bicyclic) bond motifs is 8. The third kappa shape index (κ3) is 2.67. The molecule has 0 amide bonds. The van der Waals surface area contributed by atoms with E-state index in [2.05, 4.69) is 126 Å². The molecule has 0 saturated heterocycles. The summed E-state index contributed by atoms with van der Waals surface area (Å²) in [5.41, 5.74) is 7.76. The van der Waals surface area contributed by atoms with E-state index in [0.717, 1.165) is 33.1 Å². The molecule has 36 heavy (non-hydrogen) atoms. The fourth-order valence-electron chi connectivity index (χ4n) is 5.78. The second-order valence-electron chi connectivity index (χ2n) is 9.37. The van der Waals surface area contributed by atoms with E-state index in [4.69, 9.17) is 4.42 Å². The maximum Gasteiger partial charge on any atom is 0.160 e. The predicted molar refractivity (Wildman–Crippen MR) is 151 cm³/mol. The molecule has 168 valence electrons. The second-order valence-corrected chi connectivity index (χ2v) is 9.37. The first-order chi connectivity index (χ1) is 17.9. The van der Waals surface area contributed by atoms with Gasteiger partial charge in [0.25, 0.3) is 0 Å². The molecule has 0 fully saturated rings. The quantitative estimate of drug-likeness (QED) is 0.252. The third-order valence-electron chi connectivity index (χ3n) is 7.39. The summed E-state index contributed by atoms with van der Waals surface area (Å²) in [5, 5.41) is 7.20. The van der Waals surface area contributed by atoms with Crippen LogP contribution >= 0.6 is 0 Å². The lowest BCUT2D eigenvalue weighted by Gasteiger charge is -2.12. The SMILES string of the molecule is c1ccc(-c2cccc3cc(-n4c5ccccc5c5ccc6c7ccccc7oc6c54)ccc23)cc1. The molecule has 0 radical (unpaired) electrons. The molecule has 2 heteroatoms. The van der Waals surface area contributed by atoms with Crippen LogP contribution in [0.5, 0.6) is 0 Å². The molecule has 2 heterocycles. The first kappa shape index (κ1) is 19.5. The zero-order valence-corrected chi connectivity index (χ0v) is 19.5. The minimum absolute atomic E-state index is 0.919. The minimum Gasteiger partial charge on any atom is -0.454 e. The number of rotatable bonds is 2. The Kier molecular flexibility index (Phi) is 3.97. The number of benzene rings is 6. The lowest BCUT2D eigenvalue weighted by atomic mass is 9.98. The van der Waals surface area contributed by atoms with Crippen LogP contribution in [0.25, 0.3) is 71.3 Å². The van der Waals surface area contributed by atoms with Gasteiger partial charge in [-0.05, 0) is 52.2 Å². The lowest BCUT2D eigenvalue weighted by molar-refractivity contribution is 0.671. The summed E-state index contributed by atoms with van der Waals surface area (Å²) < 4.78 is 8.87. The molecule has 0 aliphatic heterocycles. The minimum atomic E-state index is 0.919. The summed E-state index contributed by atoms with van der Waals surface area (Å²) in [6.45, 7) is 0. The van der Waals surface area contributed by atoms with Gasteiger partial charge < -0.3 is 8.98 Å². The van der Waals surface area contributed by atoms with E-state index in [1.54, 1.807) is 0 Å². The summed E-state index contributed by atoms with van der Waals surface area (Å²) in [4.78, 5) is 0. The Morgan fingerprint density at radius 2 is 1.25 bits per heavy atom. The third-order valence-corrected chi connectivity index (χ3v) is 7.39. The highest BCUT2D eigenvalue weighted by atomic mass is 16.3. The van der Waals surface area contributed by atoms with Crippen molar-refractivity contribution < 1.29 is 4.42 Å². The van der Waals surface area contributed by atoms with Gasteiger partial charge in [-0.25, -0.2) is 0 Å². The summed E-state index contributed by atoms with van der Waals surface area (Å²) >= 11 is 0. The molecule has 0 bridgehead atoms. The van der Waals surface area contributed by atoms with Crippen LogP contribution in [0.3, 0.4) is 0 Å². The van der Waals surface area contributed by atoms with Crippen LogP contribution in [-0.4, -0.2) is 4.57 Å². The van der Waals surface area contributed by atoms with E-state index in [0.29, 0.717) is 0 Å². The number of nitrogens with zero attached hydrogens (tertiary/aromatic N) is 1. The average Bonchev–Trinajstić information content (AvgIpc) is 3.49. The number of hydrogen-bond donors (Lipinski definition) is 0. The van der Waals surface area contributed by atoms with E-state index >= 15 is 0 Å². The number of hydrogen-bond acceptors (Lipinski definition) is 1. The van der Waals surface area contributed by atoms with Crippen LogP contribution in [-0.2, 0) is 0 Å². The maximum atomic E-state index is 6.50. The largest absolute Gasteiger partial charge is 0.454 e. The Morgan fingerprint density at radius 1 is 0.500 bits per heavy atom. The smallest absolute Gasteiger partial charge is 0.160 e. The number of para-hydroxylation sites is 2. The highest BCUT2D eigenvalue weighted by Crippen LogP contribution is 2.40. The number of aromatic nitrogens is 1. The van der Waals surface area contributed by atoms with Crippen molar-refractivity contribution in [1.29, 1.82) is 0 Å². The fraction of sp³-hybridized carbons (Fsp3) is 0. The molecule has 8 aromatic rings. The molecule has 0 aliphatic carbocycles. The van der Waals surface area contributed by atoms with Gasteiger partial charge in [0.1, 0.15) is 5.58 Å². The Balaban J connectivity index is 1.48. The summed E-state index contributed by atoms with van der Waals surface area (Å²) in [6, 6.07) is 45.3. The van der Waals surface area contributed by atoms with Crippen LogP contribution in [0.15, 0.2) is 132 Å². The maximum absolute atomic E-state index is 6.50. The van der Waals surface area contributed by atoms with Crippen LogP contribution in [0.4, 0.5) is 0 Å². The van der Waals surface area contributed by atoms with Crippen LogP contribution in [0.1, 0.15) is 0 Å². The highest BCUT2D eigenvalue weighted by molar-refractivity contribution is 6.21. The molecule has 2 aromatic heterocycles. The van der Waals surface area contributed by atoms with Crippen LogP contribution in [0, 0.1) is 0 Å². The van der Waals surface area contributed by atoms with E-state index in [1.165, 1.54) is 38.2 Å². The van der Waals surface area contributed by atoms with Crippen LogP contribution < -0.4 is 0 Å². The molecule has 6 aromatic carbocycles. The van der Waals surface area contributed by atoms with Gasteiger partial charge in [-0.1, -0.05) is 97.1 Å². The first-order valence-electron chi connectivity index (χ1n) is 12.3. The van der Waals surface area contributed by atoms with Gasteiger partial charge in [-0.3, -0.25) is 0 Å². The van der Waals surface area contributed by atoms with E-state index in [9.17, 15) is 0 Å². The van der Waals surface area contributed by atoms with Crippen molar-refractivity contribution in [2.75, 3.05) is 0 Å². The van der Waals surface area contributed by atoms with Gasteiger partial charge in [-0.2, -0.15) is 0 Å². The average molecular weight is 460 g/mol. The molecular weight excluding hydrogens is 438 g/mol. The summed E-state index contributed by atoms with van der Waals surface area (Å²) in [5.74, 6) is 0. The molecule has 0 atom stereocenters. The first-order valence-corrected chi connectivity index (χ1v) is 12.3. The Labute approximate surface area is 207 Å². The molecule has 8 rings (SSSR count). The van der Waals surface area contributed by atoms with E-state index < -0.39 is 0 Å². The van der Waals surface area contributed by atoms with Crippen molar-refractivity contribution in [2.24, 2.45) is 0 Å². The van der Waals surface area contributed by atoms with Crippen molar-refractivity contribution in [3.63, 3.8) is 0 Å². The topological polar surface area (TPSA) is 18.1 Å². The Bertz CT molecular complexity index is 2090. The second kappa shape index (κ2) is 7.34. The van der Waals surface area contributed by atoms with Gasteiger partial charge in [-0.15, -0.1) is 0 Å². The zero-order chi connectivity index (χ0) is 23.6. The van der Waals surface area contributed by atoms with Gasteiger partial charge in [0.15, 0.2) is 5.58 Å². The Hall–Kier alpha value is -4.82. The molecular formula is C34H21NO. The van der Waals surface area contributed by atoms with Crippen molar-refractivity contribution in [1.82, 2.24) is 4.57 Å². The standard InChI is InChI=1S/C34H21NO/c1-2-9-22(10-3-1)25-14-8-11-23-21-24(17-18-26(23)25)35-31-15-6-4-12-27(31)29-19-20-30-28-13-5-7-16-32(28)36-34(30)33(29)35/h1-21H. The van der Waals surface area contributed by atoms with Crippen molar-refractivity contribution in [2.45, 2.75) is 0 Å². The molecule has 0 spiro atoms. The van der Waals surface area contributed by atoms with Gasteiger partial charge in [0.2, 0.25) is 0 Å². The molecule has 0 saturated carbocycles. The van der Waals surface area contributed by atoms with Crippen LogP contribution in [0.2, 0.25) is 0 Å². The van der Waals surface area contributed by atoms with Gasteiger partial charge in [0, 0.05) is 27.2 Å². The molecule has 2 nitrogen and oxygen atoms in total. The van der Waals surface area contributed by atoms with E-state index in [1.807, 2.05) is 6.07 Å². The predicted octanol–water partition coefficient (Wildman–Crippen LogP) is 9.50. The summed E-state index contributed by atoms with van der Waals surface area (Å²) in [7, 11) is 0. The van der Waals surface area contributed by atoms with Gasteiger partial charge >= 0.3 is 0 Å². The monoisotopic (exact) mass is 459 g/mol. The zero-order valence-electron chi connectivity index (χ0n) is 19.5. The number of furan rings is 1. The molecule has 0 unspecified atom stereocenters. The van der Waals surface area contributed by atoms with Crippen molar-refractivity contribution >= 4 is 54.5 Å². The van der Waals surface area contributed by atoms with Crippen molar-refractivity contribution in [3.8, 4) is 16.8 Å².